The Kier molecular flexibility index (Phi) is 4.40. The second-order valence-corrected chi connectivity index (χ2v) is 6.99. The van der Waals surface area contributed by atoms with Crippen molar-refractivity contribution >= 4 is 11.8 Å². The molecule has 2 aromatic heterocycles. The Morgan fingerprint density at radius 3 is 2.58 bits per heavy atom. The molecule has 4 rings (SSSR count). The zero-order chi connectivity index (χ0) is 16.4. The van der Waals surface area contributed by atoms with E-state index < -0.39 is 0 Å². The topological polar surface area (TPSA) is 64.1 Å². The van der Waals surface area contributed by atoms with Crippen LogP contribution >= 0.6 is 11.8 Å². The van der Waals surface area contributed by atoms with Crippen molar-refractivity contribution < 1.29 is 9.52 Å². The maximum atomic E-state index is 9.12. The van der Waals surface area contributed by atoms with E-state index in [4.69, 9.17) is 9.52 Å². The van der Waals surface area contributed by atoms with Crippen LogP contribution in [0.25, 0.3) is 0 Å². The SMILES string of the molecule is OCc1ccc(CSc2nnc(C3CC3)n2Cc2ccco2)cc1. The summed E-state index contributed by atoms with van der Waals surface area (Å²) in [6, 6.07) is 11.9. The summed E-state index contributed by atoms with van der Waals surface area (Å²) in [5.41, 5.74) is 2.14. The Morgan fingerprint density at radius 1 is 1.12 bits per heavy atom. The van der Waals surface area contributed by atoms with E-state index in [1.165, 1.54) is 18.4 Å². The van der Waals surface area contributed by atoms with Gasteiger partial charge in [-0.2, -0.15) is 0 Å². The maximum absolute atomic E-state index is 9.12. The molecular weight excluding hydrogens is 322 g/mol. The van der Waals surface area contributed by atoms with Gasteiger partial charge in [-0.15, -0.1) is 10.2 Å². The second-order valence-electron chi connectivity index (χ2n) is 6.04. The molecule has 0 spiro atoms. The van der Waals surface area contributed by atoms with Crippen LogP contribution < -0.4 is 0 Å². The van der Waals surface area contributed by atoms with Crippen LogP contribution in [0.5, 0.6) is 0 Å². The van der Waals surface area contributed by atoms with Crippen molar-refractivity contribution in [2.24, 2.45) is 0 Å². The zero-order valence-electron chi connectivity index (χ0n) is 13.3. The average Bonchev–Trinajstić information content (AvgIpc) is 3.18. The van der Waals surface area contributed by atoms with E-state index in [1.54, 1.807) is 18.0 Å². The molecule has 0 atom stereocenters. The van der Waals surface area contributed by atoms with Gasteiger partial charge in [0.1, 0.15) is 11.6 Å². The zero-order valence-corrected chi connectivity index (χ0v) is 14.1. The van der Waals surface area contributed by atoms with Crippen LogP contribution in [-0.2, 0) is 18.9 Å². The lowest BCUT2D eigenvalue weighted by Gasteiger charge is -2.08. The van der Waals surface area contributed by atoms with Gasteiger partial charge in [0, 0.05) is 11.7 Å². The van der Waals surface area contributed by atoms with Gasteiger partial charge in [0.15, 0.2) is 5.16 Å². The van der Waals surface area contributed by atoms with Gasteiger partial charge in [-0.1, -0.05) is 36.0 Å². The molecule has 24 heavy (non-hydrogen) atoms. The Balaban J connectivity index is 1.51. The minimum absolute atomic E-state index is 0.0790. The fourth-order valence-corrected chi connectivity index (χ4v) is 3.55. The molecule has 1 aliphatic carbocycles. The molecule has 1 aromatic carbocycles. The number of aromatic nitrogens is 3. The number of aliphatic hydroxyl groups excluding tert-OH is 1. The predicted octanol–water partition coefficient (Wildman–Crippen LogP) is 3.58. The van der Waals surface area contributed by atoms with Gasteiger partial charge in [0.25, 0.3) is 0 Å². The summed E-state index contributed by atoms with van der Waals surface area (Å²) in [4.78, 5) is 0. The van der Waals surface area contributed by atoms with Gasteiger partial charge >= 0.3 is 0 Å². The minimum atomic E-state index is 0.0790. The monoisotopic (exact) mass is 341 g/mol. The molecule has 5 nitrogen and oxygen atoms in total. The molecule has 1 N–H and O–H groups in total. The normalized spacial score (nSPS) is 14.2. The van der Waals surface area contributed by atoms with Crippen LogP contribution in [0.15, 0.2) is 52.2 Å². The predicted molar refractivity (Wildman–Crippen MR) is 91.7 cm³/mol. The molecule has 0 amide bonds. The summed E-state index contributed by atoms with van der Waals surface area (Å²) < 4.78 is 7.68. The van der Waals surface area contributed by atoms with Crippen molar-refractivity contribution in [1.29, 1.82) is 0 Å². The van der Waals surface area contributed by atoms with Crippen LogP contribution in [-0.4, -0.2) is 19.9 Å². The molecule has 0 unspecified atom stereocenters. The quantitative estimate of drug-likeness (QED) is 0.666. The molecule has 3 aromatic rings. The van der Waals surface area contributed by atoms with E-state index in [-0.39, 0.29) is 6.61 Å². The molecule has 0 aliphatic heterocycles. The summed E-state index contributed by atoms with van der Waals surface area (Å²) in [6.45, 7) is 0.757. The lowest BCUT2D eigenvalue weighted by atomic mass is 10.2. The third kappa shape index (κ3) is 3.39. The number of nitrogens with zero attached hydrogens (tertiary/aromatic N) is 3. The molecule has 0 saturated heterocycles. The molecule has 0 bridgehead atoms. The van der Waals surface area contributed by atoms with E-state index in [0.717, 1.165) is 28.1 Å². The molecule has 2 heterocycles. The van der Waals surface area contributed by atoms with Gasteiger partial charge in [-0.05, 0) is 36.1 Å². The largest absolute Gasteiger partial charge is 0.467 e. The van der Waals surface area contributed by atoms with E-state index in [1.807, 2.05) is 36.4 Å². The van der Waals surface area contributed by atoms with Crippen LogP contribution in [0, 0.1) is 0 Å². The molecule has 1 saturated carbocycles. The first-order chi connectivity index (χ1) is 11.8. The molecule has 0 radical (unpaired) electrons. The Labute approximate surface area is 144 Å². The first-order valence-corrected chi connectivity index (χ1v) is 9.09. The van der Waals surface area contributed by atoms with E-state index in [0.29, 0.717) is 12.5 Å². The Hall–Kier alpha value is -2.05. The van der Waals surface area contributed by atoms with Gasteiger partial charge < -0.3 is 9.52 Å². The van der Waals surface area contributed by atoms with Gasteiger partial charge in [0.2, 0.25) is 0 Å². The fourth-order valence-electron chi connectivity index (χ4n) is 2.65. The first kappa shape index (κ1) is 15.5. The van der Waals surface area contributed by atoms with Crippen LogP contribution in [0.4, 0.5) is 0 Å². The highest BCUT2D eigenvalue weighted by Gasteiger charge is 2.30. The first-order valence-electron chi connectivity index (χ1n) is 8.10. The van der Waals surface area contributed by atoms with Crippen molar-refractivity contribution in [3.05, 3.63) is 65.4 Å². The van der Waals surface area contributed by atoms with E-state index in [2.05, 4.69) is 14.8 Å². The lowest BCUT2D eigenvalue weighted by molar-refractivity contribution is 0.282. The number of rotatable bonds is 7. The average molecular weight is 341 g/mol. The van der Waals surface area contributed by atoms with Crippen molar-refractivity contribution in [1.82, 2.24) is 14.8 Å². The van der Waals surface area contributed by atoms with E-state index in [9.17, 15) is 0 Å². The van der Waals surface area contributed by atoms with Gasteiger partial charge in [-0.3, -0.25) is 4.57 Å². The molecule has 1 fully saturated rings. The van der Waals surface area contributed by atoms with Crippen LogP contribution in [0.3, 0.4) is 0 Å². The summed E-state index contributed by atoms with van der Waals surface area (Å²) in [7, 11) is 0. The molecule has 124 valence electrons. The highest BCUT2D eigenvalue weighted by Crippen LogP contribution is 2.40. The number of aliphatic hydroxyl groups is 1. The van der Waals surface area contributed by atoms with Crippen molar-refractivity contribution in [2.75, 3.05) is 0 Å². The fraction of sp³-hybridized carbons (Fsp3) is 0.333. The Morgan fingerprint density at radius 2 is 1.92 bits per heavy atom. The van der Waals surface area contributed by atoms with Gasteiger partial charge in [0.05, 0.1) is 19.4 Å². The smallest absolute Gasteiger partial charge is 0.191 e. The lowest BCUT2D eigenvalue weighted by Crippen LogP contribution is -2.05. The number of thioether (sulfide) groups is 1. The van der Waals surface area contributed by atoms with Crippen molar-refractivity contribution in [2.45, 2.75) is 42.8 Å². The number of hydrogen-bond acceptors (Lipinski definition) is 5. The van der Waals surface area contributed by atoms with Crippen molar-refractivity contribution in [3.63, 3.8) is 0 Å². The third-order valence-electron chi connectivity index (χ3n) is 4.16. The standard InChI is InChI=1S/C18H19N3O2S/c22-11-13-3-5-14(6-4-13)12-24-18-20-19-17(15-7-8-15)21(18)10-16-2-1-9-23-16/h1-6,9,15,22H,7-8,10-12H2. The minimum Gasteiger partial charge on any atom is -0.467 e. The second kappa shape index (κ2) is 6.83. The van der Waals surface area contributed by atoms with E-state index >= 15 is 0 Å². The van der Waals surface area contributed by atoms with Gasteiger partial charge in [-0.25, -0.2) is 0 Å². The number of hydrogen-bond donors (Lipinski definition) is 1. The maximum Gasteiger partial charge on any atom is 0.191 e. The van der Waals surface area contributed by atoms with Crippen LogP contribution in [0.1, 0.15) is 41.5 Å². The summed E-state index contributed by atoms with van der Waals surface area (Å²) in [6.07, 6.45) is 4.10. The highest BCUT2D eigenvalue weighted by molar-refractivity contribution is 7.98. The molecule has 6 heteroatoms. The number of benzene rings is 1. The number of furan rings is 1. The van der Waals surface area contributed by atoms with Crippen LogP contribution in [0.2, 0.25) is 0 Å². The molecular formula is C18H19N3O2S. The summed E-state index contributed by atoms with van der Waals surface area (Å²) >= 11 is 1.69. The highest BCUT2D eigenvalue weighted by atomic mass is 32.2. The third-order valence-corrected chi connectivity index (χ3v) is 5.19. The van der Waals surface area contributed by atoms with Crippen molar-refractivity contribution in [3.8, 4) is 0 Å². The molecule has 1 aliphatic rings. The summed E-state index contributed by atoms with van der Waals surface area (Å²) in [5, 5.41) is 18.9. The Bertz CT molecular complexity index is 792. The summed E-state index contributed by atoms with van der Waals surface area (Å²) in [5.74, 6) is 3.37.